The molecule has 0 unspecified atom stereocenters. The van der Waals surface area contributed by atoms with Crippen LogP contribution in [0.4, 0.5) is 4.79 Å². The van der Waals surface area contributed by atoms with Crippen molar-refractivity contribution < 1.29 is 19.1 Å². The Morgan fingerprint density at radius 2 is 1.77 bits per heavy atom. The molecule has 2 N–H and O–H groups in total. The van der Waals surface area contributed by atoms with Gasteiger partial charge in [-0.1, -0.05) is 30.3 Å². The van der Waals surface area contributed by atoms with E-state index in [0.717, 1.165) is 19.3 Å². The van der Waals surface area contributed by atoms with E-state index < -0.39 is 0 Å². The number of amides is 3. The standard InChI is InChI=1S/C23H30N4O4/c24-22(17-4-2-1-3-5-17)25-21(29)12-16-6-9-26(10-7-16)23(30)27-11-8-20-18(14-27)13-19(28)15-31-20/h1-5,16,18,20H,6-15H2,(H2,24,25,29)/t18-,20+/m1/s1. The maximum absolute atomic E-state index is 13.0. The lowest BCUT2D eigenvalue weighted by atomic mass is 9.88. The van der Waals surface area contributed by atoms with Crippen LogP contribution in [0.25, 0.3) is 0 Å². The first-order valence-electron chi connectivity index (χ1n) is 11.1. The molecular formula is C23H30N4O4. The largest absolute Gasteiger partial charge is 0.370 e. The Morgan fingerprint density at radius 3 is 2.52 bits per heavy atom. The predicted octanol–water partition coefficient (Wildman–Crippen LogP) is 2.03. The van der Waals surface area contributed by atoms with E-state index in [1.165, 1.54) is 0 Å². The molecule has 8 heteroatoms. The van der Waals surface area contributed by atoms with Crippen LogP contribution in [-0.4, -0.2) is 72.2 Å². The number of urea groups is 1. The van der Waals surface area contributed by atoms with Gasteiger partial charge in [-0.15, -0.1) is 0 Å². The highest BCUT2D eigenvalue weighted by Crippen LogP contribution is 2.28. The Labute approximate surface area is 182 Å². The second kappa shape index (κ2) is 9.60. The summed E-state index contributed by atoms with van der Waals surface area (Å²) in [7, 11) is 0. The molecule has 0 spiro atoms. The monoisotopic (exact) mass is 426 g/mol. The number of Topliss-reactive ketones (excluding diaryl/α,β-unsaturated/α-hetero) is 1. The van der Waals surface area contributed by atoms with Gasteiger partial charge in [0.1, 0.15) is 12.4 Å². The smallest absolute Gasteiger partial charge is 0.320 e. The number of piperidine rings is 2. The number of nitrogens with one attached hydrogen (secondary N) is 2. The van der Waals surface area contributed by atoms with Gasteiger partial charge in [0.05, 0.1) is 6.10 Å². The van der Waals surface area contributed by atoms with Crippen LogP contribution < -0.4 is 5.32 Å². The Hall–Kier alpha value is -2.74. The van der Waals surface area contributed by atoms with E-state index in [-0.39, 0.29) is 48.1 Å². The molecule has 0 radical (unpaired) electrons. The summed E-state index contributed by atoms with van der Waals surface area (Å²) < 4.78 is 5.62. The number of carbonyl (C=O) groups excluding carboxylic acids is 3. The molecule has 3 heterocycles. The lowest BCUT2D eigenvalue weighted by molar-refractivity contribution is -0.140. The van der Waals surface area contributed by atoms with Crippen molar-refractivity contribution in [2.75, 3.05) is 32.8 Å². The number of hydrogen-bond acceptors (Lipinski definition) is 5. The molecule has 3 amide bonds. The van der Waals surface area contributed by atoms with Crippen molar-refractivity contribution in [3.8, 4) is 0 Å². The first kappa shape index (κ1) is 21.5. The van der Waals surface area contributed by atoms with Crippen molar-refractivity contribution in [1.29, 1.82) is 5.41 Å². The van der Waals surface area contributed by atoms with Crippen LogP contribution >= 0.6 is 0 Å². The van der Waals surface area contributed by atoms with Crippen LogP contribution in [0.15, 0.2) is 30.3 Å². The number of benzene rings is 1. The molecule has 8 nitrogen and oxygen atoms in total. The number of carbonyl (C=O) groups is 3. The van der Waals surface area contributed by atoms with E-state index in [1.54, 1.807) is 12.1 Å². The zero-order valence-corrected chi connectivity index (χ0v) is 17.7. The topological polar surface area (TPSA) is 103 Å². The molecule has 3 aliphatic heterocycles. The molecular weight excluding hydrogens is 396 g/mol. The predicted molar refractivity (Wildman–Crippen MR) is 115 cm³/mol. The number of amidine groups is 1. The molecule has 4 rings (SSSR count). The molecule has 3 fully saturated rings. The van der Waals surface area contributed by atoms with Crippen LogP contribution in [0.3, 0.4) is 0 Å². The van der Waals surface area contributed by atoms with E-state index in [2.05, 4.69) is 5.32 Å². The molecule has 3 saturated heterocycles. The summed E-state index contributed by atoms with van der Waals surface area (Å²) in [5.74, 6) is 0.410. The average Bonchev–Trinajstić information content (AvgIpc) is 2.79. The third kappa shape index (κ3) is 5.31. The Morgan fingerprint density at radius 1 is 1.06 bits per heavy atom. The van der Waals surface area contributed by atoms with E-state index in [4.69, 9.17) is 10.1 Å². The van der Waals surface area contributed by atoms with Crippen molar-refractivity contribution >= 4 is 23.6 Å². The third-order valence-electron chi connectivity index (χ3n) is 6.57. The quantitative estimate of drug-likeness (QED) is 0.570. The van der Waals surface area contributed by atoms with Gasteiger partial charge in [0, 0.05) is 50.5 Å². The highest BCUT2D eigenvalue weighted by atomic mass is 16.5. The molecule has 1 aromatic rings. The van der Waals surface area contributed by atoms with E-state index in [0.29, 0.717) is 44.6 Å². The zero-order chi connectivity index (χ0) is 21.8. The molecule has 2 atom stereocenters. The fourth-order valence-corrected chi connectivity index (χ4v) is 4.81. The third-order valence-corrected chi connectivity index (χ3v) is 6.57. The van der Waals surface area contributed by atoms with Gasteiger partial charge < -0.3 is 19.9 Å². The summed E-state index contributed by atoms with van der Waals surface area (Å²) >= 11 is 0. The summed E-state index contributed by atoms with van der Waals surface area (Å²) in [5, 5.41) is 10.7. The van der Waals surface area contributed by atoms with Crippen molar-refractivity contribution in [3.63, 3.8) is 0 Å². The van der Waals surface area contributed by atoms with Gasteiger partial charge in [-0.05, 0) is 25.2 Å². The number of ether oxygens (including phenoxy) is 1. The second-order valence-corrected chi connectivity index (χ2v) is 8.79. The van der Waals surface area contributed by atoms with E-state index in [9.17, 15) is 14.4 Å². The Bertz CT molecular complexity index is 835. The number of ketones is 1. The SMILES string of the molecule is N=C(NC(=O)CC1CCN(C(=O)N2CC[C@@H]3OCC(=O)C[C@@H]3C2)CC1)c1ccccc1. The number of fused-ring (bicyclic) bond motifs is 1. The van der Waals surface area contributed by atoms with Crippen LogP contribution in [-0.2, 0) is 14.3 Å². The first-order chi connectivity index (χ1) is 15.0. The average molecular weight is 427 g/mol. The van der Waals surface area contributed by atoms with Gasteiger partial charge in [0.2, 0.25) is 5.91 Å². The summed E-state index contributed by atoms with van der Waals surface area (Å²) in [5.41, 5.74) is 0.685. The fraction of sp³-hybridized carbons (Fsp3) is 0.565. The molecule has 3 aliphatic rings. The second-order valence-electron chi connectivity index (χ2n) is 8.79. The van der Waals surface area contributed by atoms with E-state index >= 15 is 0 Å². The van der Waals surface area contributed by atoms with Gasteiger partial charge in [-0.25, -0.2) is 4.79 Å². The number of likely N-dealkylation sites (tertiary alicyclic amines) is 2. The van der Waals surface area contributed by atoms with E-state index in [1.807, 2.05) is 28.0 Å². The highest BCUT2D eigenvalue weighted by Gasteiger charge is 2.38. The molecule has 0 saturated carbocycles. The van der Waals surface area contributed by atoms with Crippen LogP contribution in [0.2, 0.25) is 0 Å². The summed E-state index contributed by atoms with van der Waals surface area (Å²) in [6.45, 7) is 2.72. The minimum atomic E-state index is -0.150. The van der Waals surface area contributed by atoms with Gasteiger partial charge >= 0.3 is 6.03 Å². The molecule has 31 heavy (non-hydrogen) atoms. The molecule has 1 aromatic carbocycles. The van der Waals surface area contributed by atoms with Crippen LogP contribution in [0, 0.1) is 17.2 Å². The lowest BCUT2D eigenvalue weighted by Crippen LogP contribution is -2.54. The minimum absolute atomic E-state index is 0.0326. The van der Waals surface area contributed by atoms with Crippen molar-refractivity contribution in [3.05, 3.63) is 35.9 Å². The van der Waals surface area contributed by atoms with Crippen LogP contribution in [0.1, 0.15) is 37.7 Å². The molecule has 0 aliphatic carbocycles. The zero-order valence-electron chi connectivity index (χ0n) is 17.7. The maximum atomic E-state index is 13.0. The number of hydrogen-bond donors (Lipinski definition) is 2. The van der Waals surface area contributed by atoms with Gasteiger partial charge in [-0.2, -0.15) is 0 Å². The van der Waals surface area contributed by atoms with Crippen molar-refractivity contribution in [1.82, 2.24) is 15.1 Å². The molecule has 0 bridgehead atoms. The van der Waals surface area contributed by atoms with Crippen molar-refractivity contribution in [2.45, 2.75) is 38.2 Å². The Kier molecular flexibility index (Phi) is 6.65. The molecule has 166 valence electrons. The molecule has 0 aromatic heterocycles. The minimum Gasteiger partial charge on any atom is -0.370 e. The van der Waals surface area contributed by atoms with Gasteiger partial charge in [-0.3, -0.25) is 15.0 Å². The Balaban J connectivity index is 1.21. The first-order valence-corrected chi connectivity index (χ1v) is 11.1. The number of rotatable bonds is 3. The highest BCUT2D eigenvalue weighted by molar-refractivity contribution is 6.06. The summed E-state index contributed by atoms with van der Waals surface area (Å²) in [6.07, 6.45) is 3.31. The fourth-order valence-electron chi connectivity index (χ4n) is 4.81. The normalized spacial score (nSPS) is 24.5. The van der Waals surface area contributed by atoms with Gasteiger partial charge in [0.25, 0.3) is 0 Å². The number of nitrogens with zero attached hydrogens (tertiary/aromatic N) is 2. The maximum Gasteiger partial charge on any atom is 0.320 e. The summed E-state index contributed by atoms with van der Waals surface area (Å²) in [6, 6.07) is 9.17. The lowest BCUT2D eigenvalue weighted by Gasteiger charge is -2.43. The van der Waals surface area contributed by atoms with Crippen LogP contribution in [0.5, 0.6) is 0 Å². The van der Waals surface area contributed by atoms with Gasteiger partial charge in [0.15, 0.2) is 5.78 Å². The van der Waals surface area contributed by atoms with Crippen molar-refractivity contribution in [2.24, 2.45) is 11.8 Å². The summed E-state index contributed by atoms with van der Waals surface area (Å²) in [4.78, 5) is 40.7.